The average molecular weight is 265 g/mol. The highest BCUT2D eigenvalue weighted by Crippen LogP contribution is 2.15. The van der Waals surface area contributed by atoms with Gasteiger partial charge in [-0.15, -0.1) is 0 Å². The van der Waals surface area contributed by atoms with Crippen molar-refractivity contribution in [2.24, 2.45) is 4.99 Å². The molecule has 0 heterocycles. The summed E-state index contributed by atoms with van der Waals surface area (Å²) in [5, 5.41) is 6.32. The van der Waals surface area contributed by atoms with Crippen molar-refractivity contribution < 1.29 is 9.47 Å². The molecule has 0 spiro atoms. The molecule has 5 heteroatoms. The van der Waals surface area contributed by atoms with Crippen molar-refractivity contribution >= 4 is 5.96 Å². The maximum absolute atomic E-state index is 5.69. The standard InChI is InChI=1S/C14H23N3O2/c1-12-6-4-5-7-13(12)19-11-9-17-14(15-2)16-8-10-18-3/h4-7H,8-11H2,1-3H3,(H2,15,16,17). The SMILES string of the molecule is CN=C(NCCOC)NCCOc1ccccc1C. The molecule has 0 unspecified atom stereocenters. The molecule has 0 amide bonds. The molecule has 0 saturated carbocycles. The Bertz CT molecular complexity index is 394. The first-order valence-corrected chi connectivity index (χ1v) is 6.40. The van der Waals surface area contributed by atoms with E-state index in [-0.39, 0.29) is 0 Å². The maximum atomic E-state index is 5.69. The number of nitrogens with zero attached hydrogens (tertiary/aromatic N) is 1. The number of methoxy groups -OCH3 is 1. The van der Waals surface area contributed by atoms with E-state index in [4.69, 9.17) is 9.47 Å². The van der Waals surface area contributed by atoms with Crippen LogP contribution in [0.15, 0.2) is 29.3 Å². The minimum atomic E-state index is 0.593. The lowest BCUT2D eigenvalue weighted by Gasteiger charge is -2.13. The molecule has 0 radical (unpaired) electrons. The zero-order chi connectivity index (χ0) is 13.9. The molecule has 2 N–H and O–H groups in total. The number of aryl methyl sites for hydroxylation is 1. The molecule has 0 saturated heterocycles. The van der Waals surface area contributed by atoms with Crippen LogP contribution < -0.4 is 15.4 Å². The first-order valence-electron chi connectivity index (χ1n) is 6.40. The van der Waals surface area contributed by atoms with Crippen molar-refractivity contribution in [1.82, 2.24) is 10.6 Å². The second kappa shape index (κ2) is 9.22. The van der Waals surface area contributed by atoms with Crippen LogP contribution in [0.25, 0.3) is 0 Å². The summed E-state index contributed by atoms with van der Waals surface area (Å²) in [7, 11) is 3.41. The van der Waals surface area contributed by atoms with E-state index in [0.29, 0.717) is 19.8 Å². The zero-order valence-electron chi connectivity index (χ0n) is 11.9. The van der Waals surface area contributed by atoms with Gasteiger partial charge in [-0.25, -0.2) is 0 Å². The summed E-state index contributed by atoms with van der Waals surface area (Å²) in [6.07, 6.45) is 0. The fourth-order valence-corrected chi connectivity index (χ4v) is 1.54. The number of nitrogens with one attached hydrogen (secondary N) is 2. The third-order valence-electron chi connectivity index (χ3n) is 2.57. The van der Waals surface area contributed by atoms with Gasteiger partial charge in [0.1, 0.15) is 12.4 Å². The molecule has 5 nitrogen and oxygen atoms in total. The predicted molar refractivity (Wildman–Crippen MR) is 77.9 cm³/mol. The molecule has 0 aliphatic heterocycles. The van der Waals surface area contributed by atoms with Crippen LogP contribution >= 0.6 is 0 Å². The van der Waals surface area contributed by atoms with Gasteiger partial charge in [-0.05, 0) is 18.6 Å². The number of benzene rings is 1. The summed E-state index contributed by atoms with van der Waals surface area (Å²) in [6.45, 7) is 4.71. The highest BCUT2D eigenvalue weighted by molar-refractivity contribution is 5.79. The molecule has 0 aliphatic carbocycles. The second-order valence-electron chi connectivity index (χ2n) is 4.03. The van der Waals surface area contributed by atoms with Crippen molar-refractivity contribution in [2.45, 2.75) is 6.92 Å². The van der Waals surface area contributed by atoms with Crippen LogP contribution in [0, 0.1) is 6.92 Å². The first-order chi connectivity index (χ1) is 9.27. The van der Waals surface area contributed by atoms with Gasteiger partial charge in [0.2, 0.25) is 0 Å². The van der Waals surface area contributed by atoms with Crippen molar-refractivity contribution in [1.29, 1.82) is 0 Å². The third-order valence-corrected chi connectivity index (χ3v) is 2.57. The summed E-state index contributed by atoms with van der Waals surface area (Å²) in [5.41, 5.74) is 1.14. The summed E-state index contributed by atoms with van der Waals surface area (Å²) in [4.78, 5) is 4.11. The lowest BCUT2D eigenvalue weighted by molar-refractivity contribution is 0.203. The average Bonchev–Trinajstić information content (AvgIpc) is 2.43. The minimum absolute atomic E-state index is 0.593. The second-order valence-corrected chi connectivity index (χ2v) is 4.03. The summed E-state index contributed by atoms with van der Waals surface area (Å²) < 4.78 is 10.7. The molecule has 0 bridgehead atoms. The van der Waals surface area contributed by atoms with Gasteiger partial charge in [0.25, 0.3) is 0 Å². The van der Waals surface area contributed by atoms with Gasteiger partial charge < -0.3 is 20.1 Å². The van der Waals surface area contributed by atoms with E-state index in [1.54, 1.807) is 14.2 Å². The molecule has 0 fully saturated rings. The van der Waals surface area contributed by atoms with Gasteiger partial charge in [-0.2, -0.15) is 0 Å². The summed E-state index contributed by atoms with van der Waals surface area (Å²) in [6, 6.07) is 7.98. The largest absolute Gasteiger partial charge is 0.491 e. The highest BCUT2D eigenvalue weighted by atomic mass is 16.5. The third kappa shape index (κ3) is 6.10. The Morgan fingerprint density at radius 2 is 1.84 bits per heavy atom. The van der Waals surface area contributed by atoms with Gasteiger partial charge in [-0.1, -0.05) is 18.2 Å². The monoisotopic (exact) mass is 265 g/mol. The molecular weight excluding hydrogens is 242 g/mol. The Kier molecular flexibility index (Phi) is 7.43. The number of para-hydroxylation sites is 1. The molecule has 0 aromatic heterocycles. The molecule has 19 heavy (non-hydrogen) atoms. The number of hydrogen-bond donors (Lipinski definition) is 2. The number of ether oxygens (including phenoxy) is 2. The lowest BCUT2D eigenvalue weighted by atomic mass is 10.2. The zero-order valence-corrected chi connectivity index (χ0v) is 11.9. The first kappa shape index (κ1) is 15.3. The van der Waals surface area contributed by atoms with Gasteiger partial charge in [0, 0.05) is 20.7 Å². The molecule has 106 valence electrons. The van der Waals surface area contributed by atoms with E-state index in [9.17, 15) is 0 Å². The number of hydrogen-bond acceptors (Lipinski definition) is 3. The highest BCUT2D eigenvalue weighted by Gasteiger charge is 1.99. The summed E-state index contributed by atoms with van der Waals surface area (Å²) in [5.74, 6) is 1.68. The Balaban J connectivity index is 2.21. The quantitative estimate of drug-likeness (QED) is 0.442. The van der Waals surface area contributed by atoms with Crippen LogP contribution in [-0.4, -0.2) is 46.4 Å². The van der Waals surface area contributed by atoms with Crippen LogP contribution in [0.5, 0.6) is 5.75 Å². The maximum Gasteiger partial charge on any atom is 0.191 e. The molecule has 1 rings (SSSR count). The van der Waals surface area contributed by atoms with Gasteiger partial charge in [0.15, 0.2) is 5.96 Å². The Morgan fingerprint density at radius 3 is 2.47 bits per heavy atom. The normalized spacial score (nSPS) is 11.2. The van der Waals surface area contributed by atoms with E-state index in [1.807, 2.05) is 31.2 Å². The Morgan fingerprint density at radius 1 is 1.16 bits per heavy atom. The van der Waals surface area contributed by atoms with Crippen LogP contribution in [0.4, 0.5) is 0 Å². The molecule has 1 aromatic rings. The smallest absolute Gasteiger partial charge is 0.191 e. The van der Waals surface area contributed by atoms with E-state index >= 15 is 0 Å². The topological polar surface area (TPSA) is 54.9 Å². The fourth-order valence-electron chi connectivity index (χ4n) is 1.54. The van der Waals surface area contributed by atoms with E-state index in [2.05, 4.69) is 15.6 Å². The predicted octanol–water partition coefficient (Wildman–Crippen LogP) is 1.19. The van der Waals surface area contributed by atoms with Gasteiger partial charge in [0.05, 0.1) is 13.2 Å². The molecular formula is C14H23N3O2. The number of rotatable bonds is 7. The van der Waals surface area contributed by atoms with Crippen molar-refractivity contribution in [3.05, 3.63) is 29.8 Å². The lowest BCUT2D eigenvalue weighted by Crippen LogP contribution is -2.40. The van der Waals surface area contributed by atoms with Crippen molar-refractivity contribution in [3.63, 3.8) is 0 Å². The fraction of sp³-hybridized carbons (Fsp3) is 0.500. The molecule has 0 aliphatic rings. The van der Waals surface area contributed by atoms with E-state index in [0.717, 1.165) is 23.8 Å². The number of aliphatic imine (C=N–C) groups is 1. The van der Waals surface area contributed by atoms with E-state index in [1.165, 1.54) is 0 Å². The van der Waals surface area contributed by atoms with Gasteiger partial charge in [-0.3, -0.25) is 4.99 Å². The summed E-state index contributed by atoms with van der Waals surface area (Å²) >= 11 is 0. The van der Waals surface area contributed by atoms with Crippen LogP contribution in [0.1, 0.15) is 5.56 Å². The van der Waals surface area contributed by atoms with Crippen LogP contribution in [0.2, 0.25) is 0 Å². The van der Waals surface area contributed by atoms with Crippen LogP contribution in [0.3, 0.4) is 0 Å². The van der Waals surface area contributed by atoms with E-state index < -0.39 is 0 Å². The molecule has 0 atom stereocenters. The van der Waals surface area contributed by atoms with Gasteiger partial charge >= 0.3 is 0 Å². The van der Waals surface area contributed by atoms with Crippen molar-refractivity contribution in [2.75, 3.05) is 40.5 Å². The van der Waals surface area contributed by atoms with Crippen LogP contribution in [-0.2, 0) is 4.74 Å². The molecule has 1 aromatic carbocycles. The number of guanidine groups is 1. The van der Waals surface area contributed by atoms with Crippen molar-refractivity contribution in [3.8, 4) is 5.75 Å². The minimum Gasteiger partial charge on any atom is -0.491 e. The Hall–Kier alpha value is -1.75. The Labute approximate surface area is 115 Å².